The highest BCUT2D eigenvalue weighted by Gasteiger charge is 2.24. The molecule has 0 fully saturated rings. The van der Waals surface area contributed by atoms with Crippen molar-refractivity contribution < 1.29 is 13.9 Å². The molecular formula is C15H9Cl2FO2. The lowest BCUT2D eigenvalue weighted by atomic mass is 9.99. The zero-order valence-electron chi connectivity index (χ0n) is 10.3. The molecule has 2 nitrogen and oxygen atoms in total. The lowest BCUT2D eigenvalue weighted by Crippen LogP contribution is -2.05. The molecule has 1 aliphatic rings. The predicted octanol–water partition coefficient (Wildman–Crippen LogP) is 4.30. The maximum Gasteiger partial charge on any atom is 0.198 e. The third-order valence-corrected chi connectivity index (χ3v) is 3.79. The number of rotatable bonds is 2. The van der Waals surface area contributed by atoms with Gasteiger partial charge in [0.15, 0.2) is 5.78 Å². The van der Waals surface area contributed by atoms with Crippen molar-refractivity contribution in [3.05, 3.63) is 62.9 Å². The number of hydrogen-bond donors (Lipinski definition) is 0. The molecule has 102 valence electrons. The van der Waals surface area contributed by atoms with E-state index in [1.165, 1.54) is 24.3 Å². The highest BCUT2D eigenvalue weighted by Crippen LogP contribution is 2.35. The summed E-state index contributed by atoms with van der Waals surface area (Å²) in [4.78, 5) is 12.5. The van der Waals surface area contributed by atoms with Crippen molar-refractivity contribution in [1.29, 1.82) is 0 Å². The van der Waals surface area contributed by atoms with Crippen LogP contribution >= 0.6 is 23.2 Å². The third kappa shape index (κ3) is 2.17. The quantitative estimate of drug-likeness (QED) is 0.773. The molecule has 1 heterocycles. The van der Waals surface area contributed by atoms with Crippen molar-refractivity contribution in [2.24, 2.45) is 0 Å². The van der Waals surface area contributed by atoms with Gasteiger partial charge in [-0.2, -0.15) is 0 Å². The van der Waals surface area contributed by atoms with Crippen LogP contribution in [0.4, 0.5) is 4.39 Å². The van der Waals surface area contributed by atoms with Crippen LogP contribution in [-0.2, 0) is 6.42 Å². The molecule has 0 aromatic heterocycles. The third-order valence-electron chi connectivity index (χ3n) is 3.19. The minimum Gasteiger partial charge on any atom is -0.492 e. The fraction of sp³-hybridized carbons (Fsp3) is 0.133. The molecule has 1 aliphatic heterocycles. The van der Waals surface area contributed by atoms with Gasteiger partial charge in [-0.05, 0) is 29.8 Å². The molecule has 2 aromatic rings. The van der Waals surface area contributed by atoms with E-state index in [-0.39, 0.29) is 10.6 Å². The van der Waals surface area contributed by atoms with E-state index in [4.69, 9.17) is 27.9 Å². The summed E-state index contributed by atoms with van der Waals surface area (Å²) in [5.74, 6) is -0.507. The van der Waals surface area contributed by atoms with E-state index in [1.807, 2.05) is 0 Å². The van der Waals surface area contributed by atoms with Gasteiger partial charge < -0.3 is 4.74 Å². The molecule has 0 N–H and O–H groups in total. The number of carbonyl (C=O) groups is 1. The van der Waals surface area contributed by atoms with Crippen LogP contribution in [-0.4, -0.2) is 12.4 Å². The molecule has 0 aliphatic carbocycles. The molecule has 0 radical (unpaired) electrons. The number of halogens is 3. The van der Waals surface area contributed by atoms with Gasteiger partial charge in [0, 0.05) is 17.0 Å². The molecular weight excluding hydrogens is 302 g/mol. The molecule has 5 heteroatoms. The van der Waals surface area contributed by atoms with Gasteiger partial charge in [-0.3, -0.25) is 4.79 Å². The minimum atomic E-state index is -0.628. The number of carbonyl (C=O) groups excluding carboxylic acids is 1. The molecule has 20 heavy (non-hydrogen) atoms. The van der Waals surface area contributed by atoms with E-state index in [0.29, 0.717) is 29.4 Å². The van der Waals surface area contributed by atoms with Gasteiger partial charge in [-0.1, -0.05) is 29.3 Å². The van der Waals surface area contributed by atoms with Crippen LogP contribution in [0.1, 0.15) is 21.5 Å². The second kappa shape index (κ2) is 5.08. The second-order valence-electron chi connectivity index (χ2n) is 4.47. The number of ketones is 1. The first-order valence-corrected chi connectivity index (χ1v) is 6.77. The maximum absolute atomic E-state index is 13.5. The molecule has 0 spiro atoms. The molecule has 0 saturated heterocycles. The SMILES string of the molecule is O=C(c1cccc(F)c1Cl)c1cc(Cl)cc2c1OCC2. The van der Waals surface area contributed by atoms with Gasteiger partial charge in [0.25, 0.3) is 0 Å². The highest BCUT2D eigenvalue weighted by atomic mass is 35.5. The van der Waals surface area contributed by atoms with Crippen LogP contribution in [0.2, 0.25) is 10.0 Å². The summed E-state index contributed by atoms with van der Waals surface area (Å²) in [7, 11) is 0. The molecule has 3 rings (SSSR count). The Morgan fingerprint density at radius 2 is 2.00 bits per heavy atom. The first-order valence-electron chi connectivity index (χ1n) is 6.02. The zero-order valence-corrected chi connectivity index (χ0v) is 11.8. The first kappa shape index (κ1) is 13.4. The van der Waals surface area contributed by atoms with Crippen molar-refractivity contribution in [1.82, 2.24) is 0 Å². The van der Waals surface area contributed by atoms with E-state index < -0.39 is 11.6 Å². The monoisotopic (exact) mass is 310 g/mol. The lowest BCUT2D eigenvalue weighted by Gasteiger charge is -2.09. The summed E-state index contributed by atoms with van der Waals surface area (Å²) in [6, 6.07) is 7.43. The van der Waals surface area contributed by atoms with E-state index >= 15 is 0 Å². The van der Waals surface area contributed by atoms with Gasteiger partial charge in [0.2, 0.25) is 0 Å². The summed E-state index contributed by atoms with van der Waals surface area (Å²) < 4.78 is 18.9. The van der Waals surface area contributed by atoms with E-state index in [2.05, 4.69) is 0 Å². The van der Waals surface area contributed by atoms with Crippen LogP contribution < -0.4 is 4.74 Å². The molecule has 0 amide bonds. The van der Waals surface area contributed by atoms with E-state index in [9.17, 15) is 9.18 Å². The highest BCUT2D eigenvalue weighted by molar-refractivity contribution is 6.35. The average molecular weight is 311 g/mol. The van der Waals surface area contributed by atoms with Crippen LogP contribution in [0.3, 0.4) is 0 Å². The largest absolute Gasteiger partial charge is 0.492 e. The number of fused-ring (bicyclic) bond motifs is 1. The Hall–Kier alpha value is -1.58. The summed E-state index contributed by atoms with van der Waals surface area (Å²) >= 11 is 11.9. The predicted molar refractivity (Wildman–Crippen MR) is 75.5 cm³/mol. The molecule has 0 bridgehead atoms. The van der Waals surface area contributed by atoms with Crippen molar-refractivity contribution in [3.8, 4) is 5.75 Å². The maximum atomic E-state index is 13.5. The van der Waals surface area contributed by atoms with Crippen LogP contribution in [0.25, 0.3) is 0 Å². The fourth-order valence-corrected chi connectivity index (χ4v) is 2.71. The molecule has 0 unspecified atom stereocenters. The molecule has 0 atom stereocenters. The van der Waals surface area contributed by atoms with E-state index in [0.717, 1.165) is 5.56 Å². The summed E-state index contributed by atoms with van der Waals surface area (Å²) in [5.41, 5.74) is 1.30. The summed E-state index contributed by atoms with van der Waals surface area (Å²) in [6.07, 6.45) is 0.701. The van der Waals surface area contributed by atoms with Crippen LogP contribution in [0, 0.1) is 5.82 Å². The Morgan fingerprint density at radius 3 is 2.80 bits per heavy atom. The fourth-order valence-electron chi connectivity index (χ4n) is 2.26. The Balaban J connectivity index is 2.14. The van der Waals surface area contributed by atoms with Crippen LogP contribution in [0.5, 0.6) is 5.75 Å². The first-order chi connectivity index (χ1) is 9.58. The normalized spacial score (nSPS) is 12.9. The van der Waals surface area contributed by atoms with Gasteiger partial charge >= 0.3 is 0 Å². The zero-order chi connectivity index (χ0) is 14.3. The Kier molecular flexibility index (Phi) is 3.40. The molecule has 0 saturated carbocycles. The Bertz CT molecular complexity index is 713. The molecule has 2 aromatic carbocycles. The topological polar surface area (TPSA) is 26.3 Å². The van der Waals surface area contributed by atoms with Crippen molar-refractivity contribution >= 4 is 29.0 Å². The van der Waals surface area contributed by atoms with Gasteiger partial charge in [0.05, 0.1) is 17.2 Å². The lowest BCUT2D eigenvalue weighted by molar-refractivity contribution is 0.103. The number of ether oxygens (including phenoxy) is 1. The minimum absolute atomic E-state index is 0.103. The van der Waals surface area contributed by atoms with Crippen molar-refractivity contribution in [2.45, 2.75) is 6.42 Å². The van der Waals surface area contributed by atoms with Crippen LogP contribution in [0.15, 0.2) is 30.3 Å². The number of benzene rings is 2. The van der Waals surface area contributed by atoms with Crippen molar-refractivity contribution in [3.63, 3.8) is 0 Å². The van der Waals surface area contributed by atoms with Crippen molar-refractivity contribution in [2.75, 3.05) is 6.61 Å². The Morgan fingerprint density at radius 1 is 1.20 bits per heavy atom. The summed E-state index contributed by atoms with van der Waals surface area (Å²) in [6.45, 7) is 0.507. The second-order valence-corrected chi connectivity index (χ2v) is 5.28. The van der Waals surface area contributed by atoms with Gasteiger partial charge in [0.1, 0.15) is 11.6 Å². The van der Waals surface area contributed by atoms with Gasteiger partial charge in [-0.15, -0.1) is 0 Å². The standard InChI is InChI=1S/C15H9Cl2FO2/c16-9-6-8-4-5-20-15(8)11(7-9)14(19)10-2-1-3-12(18)13(10)17/h1-3,6-7H,4-5H2. The smallest absolute Gasteiger partial charge is 0.198 e. The summed E-state index contributed by atoms with van der Waals surface area (Å²) in [5, 5.41) is 0.259. The average Bonchev–Trinajstić information content (AvgIpc) is 2.88. The van der Waals surface area contributed by atoms with E-state index in [1.54, 1.807) is 6.07 Å². The Labute approximate surface area is 125 Å². The van der Waals surface area contributed by atoms with Gasteiger partial charge in [-0.25, -0.2) is 4.39 Å². The number of hydrogen-bond acceptors (Lipinski definition) is 2.